The lowest BCUT2D eigenvalue weighted by atomic mass is 10.2. The Morgan fingerprint density at radius 3 is 2.95 bits per heavy atom. The number of benzene rings is 1. The molecule has 2 rings (SSSR count). The molecule has 19 heavy (non-hydrogen) atoms. The summed E-state index contributed by atoms with van der Waals surface area (Å²) in [5.74, 6) is -0.184. The highest BCUT2D eigenvalue weighted by atomic mass is 79.9. The van der Waals surface area contributed by atoms with Crippen molar-refractivity contribution in [3.8, 4) is 0 Å². The summed E-state index contributed by atoms with van der Waals surface area (Å²) in [6, 6.07) is 5.11. The molecule has 102 valence electrons. The van der Waals surface area contributed by atoms with E-state index >= 15 is 0 Å². The van der Waals surface area contributed by atoms with Crippen molar-refractivity contribution in [2.24, 2.45) is 0 Å². The number of nitrogens with one attached hydrogen (secondary N) is 1. The van der Waals surface area contributed by atoms with Crippen LogP contribution in [0.15, 0.2) is 28.9 Å². The zero-order chi connectivity index (χ0) is 13.8. The van der Waals surface area contributed by atoms with Gasteiger partial charge in [0, 0.05) is 27.7 Å². The molecule has 0 radical (unpaired) electrons. The summed E-state index contributed by atoms with van der Waals surface area (Å²) in [5, 5.41) is 4.36. The first-order valence-corrected chi connectivity index (χ1v) is 7.83. The summed E-state index contributed by atoms with van der Waals surface area (Å²) < 4.78 is 14.5. The molecule has 0 bridgehead atoms. The smallest absolute Gasteiger partial charge is 0.127 e. The maximum absolute atomic E-state index is 13.6. The molecule has 0 saturated heterocycles. The van der Waals surface area contributed by atoms with Crippen molar-refractivity contribution in [3.05, 3.63) is 50.1 Å². The summed E-state index contributed by atoms with van der Waals surface area (Å²) in [4.78, 5) is 5.67. The molecule has 2 nitrogen and oxygen atoms in total. The van der Waals surface area contributed by atoms with Gasteiger partial charge in [0.15, 0.2) is 0 Å². The van der Waals surface area contributed by atoms with Gasteiger partial charge in [0.25, 0.3) is 0 Å². The van der Waals surface area contributed by atoms with E-state index < -0.39 is 0 Å². The van der Waals surface area contributed by atoms with E-state index in [-0.39, 0.29) is 11.9 Å². The van der Waals surface area contributed by atoms with Gasteiger partial charge in [0.2, 0.25) is 0 Å². The van der Waals surface area contributed by atoms with Crippen molar-refractivity contribution in [1.82, 2.24) is 10.3 Å². The van der Waals surface area contributed by atoms with Gasteiger partial charge in [0.1, 0.15) is 10.8 Å². The highest BCUT2D eigenvalue weighted by molar-refractivity contribution is 9.10. The van der Waals surface area contributed by atoms with Crippen LogP contribution < -0.4 is 5.32 Å². The first-order chi connectivity index (χ1) is 9.10. The van der Waals surface area contributed by atoms with Gasteiger partial charge in [-0.3, -0.25) is 0 Å². The Morgan fingerprint density at radius 2 is 2.26 bits per heavy atom. The van der Waals surface area contributed by atoms with Crippen LogP contribution in [0.3, 0.4) is 0 Å². The van der Waals surface area contributed by atoms with E-state index in [1.165, 1.54) is 10.9 Å². The average molecular weight is 343 g/mol. The summed E-state index contributed by atoms with van der Waals surface area (Å²) in [7, 11) is 0. The molecule has 0 saturated carbocycles. The second-order valence-corrected chi connectivity index (χ2v) is 6.42. The second kappa shape index (κ2) is 6.59. The molecule has 1 aromatic carbocycles. The summed E-state index contributed by atoms with van der Waals surface area (Å²) in [5.41, 5.74) is 0.661. The molecular formula is C14H16BrFN2S. The van der Waals surface area contributed by atoms with Crippen LogP contribution in [0, 0.1) is 5.82 Å². The molecule has 0 spiro atoms. The third kappa shape index (κ3) is 3.84. The van der Waals surface area contributed by atoms with E-state index in [9.17, 15) is 4.39 Å². The van der Waals surface area contributed by atoms with E-state index in [0.29, 0.717) is 12.1 Å². The van der Waals surface area contributed by atoms with Crippen LogP contribution in [-0.4, -0.2) is 4.98 Å². The third-order valence-electron chi connectivity index (χ3n) is 2.90. The lowest BCUT2D eigenvalue weighted by molar-refractivity contribution is 0.542. The van der Waals surface area contributed by atoms with Gasteiger partial charge in [-0.05, 0) is 31.5 Å². The topological polar surface area (TPSA) is 24.9 Å². The van der Waals surface area contributed by atoms with Crippen molar-refractivity contribution in [2.75, 3.05) is 0 Å². The number of aryl methyl sites for hydroxylation is 1. The molecule has 0 aliphatic heterocycles. The van der Waals surface area contributed by atoms with Crippen molar-refractivity contribution >= 4 is 27.3 Å². The molecule has 1 heterocycles. The zero-order valence-corrected chi connectivity index (χ0v) is 13.3. The monoisotopic (exact) mass is 342 g/mol. The van der Waals surface area contributed by atoms with Gasteiger partial charge in [0.05, 0.1) is 6.04 Å². The van der Waals surface area contributed by atoms with Crippen molar-refractivity contribution in [2.45, 2.75) is 32.9 Å². The van der Waals surface area contributed by atoms with E-state index in [0.717, 1.165) is 15.9 Å². The van der Waals surface area contributed by atoms with E-state index in [1.54, 1.807) is 23.5 Å². The van der Waals surface area contributed by atoms with Crippen molar-refractivity contribution < 1.29 is 4.39 Å². The minimum Gasteiger partial charge on any atom is -0.304 e. The molecule has 0 fully saturated rings. The Balaban J connectivity index is 1.99. The average Bonchev–Trinajstić information content (AvgIpc) is 2.88. The third-order valence-corrected chi connectivity index (χ3v) is 4.71. The molecule has 1 unspecified atom stereocenters. The Labute approximate surface area is 125 Å². The van der Waals surface area contributed by atoms with Crippen LogP contribution in [0.2, 0.25) is 0 Å². The zero-order valence-electron chi connectivity index (χ0n) is 10.9. The Kier molecular flexibility index (Phi) is 5.07. The minimum atomic E-state index is -0.184. The van der Waals surface area contributed by atoms with Crippen LogP contribution in [-0.2, 0) is 13.0 Å². The molecule has 1 aromatic heterocycles. The lowest BCUT2D eigenvalue weighted by Gasteiger charge is -2.11. The normalized spacial score (nSPS) is 12.6. The molecule has 0 aliphatic rings. The predicted molar refractivity (Wildman–Crippen MR) is 80.8 cm³/mol. The van der Waals surface area contributed by atoms with Crippen LogP contribution in [0.25, 0.3) is 0 Å². The van der Waals surface area contributed by atoms with Crippen LogP contribution >= 0.6 is 27.3 Å². The SMILES string of the molecule is CCc1cnc(C(C)NCc2cc(Br)ccc2F)s1. The maximum atomic E-state index is 13.6. The minimum absolute atomic E-state index is 0.128. The number of hydrogen-bond donors (Lipinski definition) is 1. The lowest BCUT2D eigenvalue weighted by Crippen LogP contribution is -2.18. The fraction of sp³-hybridized carbons (Fsp3) is 0.357. The highest BCUT2D eigenvalue weighted by Crippen LogP contribution is 2.21. The number of thiazole rings is 1. The fourth-order valence-corrected chi connectivity index (χ4v) is 3.01. The van der Waals surface area contributed by atoms with Gasteiger partial charge >= 0.3 is 0 Å². The number of hydrogen-bond acceptors (Lipinski definition) is 3. The van der Waals surface area contributed by atoms with Crippen LogP contribution in [0.5, 0.6) is 0 Å². The summed E-state index contributed by atoms with van der Waals surface area (Å²) in [6.45, 7) is 4.66. The molecule has 0 amide bonds. The van der Waals surface area contributed by atoms with Crippen molar-refractivity contribution in [3.63, 3.8) is 0 Å². The van der Waals surface area contributed by atoms with E-state index in [2.05, 4.69) is 33.2 Å². The molecule has 0 aliphatic carbocycles. The molecule has 5 heteroatoms. The Bertz CT molecular complexity index is 556. The standard InChI is InChI=1S/C14H16BrFN2S/c1-3-12-8-18-14(19-12)9(2)17-7-10-6-11(15)4-5-13(10)16/h4-6,8-9,17H,3,7H2,1-2H3. The quantitative estimate of drug-likeness (QED) is 0.867. The second-order valence-electron chi connectivity index (χ2n) is 4.36. The predicted octanol–water partition coefficient (Wildman–Crippen LogP) is 4.46. The molecule has 2 aromatic rings. The van der Waals surface area contributed by atoms with Gasteiger partial charge in [-0.1, -0.05) is 22.9 Å². The van der Waals surface area contributed by atoms with Gasteiger partial charge in [-0.15, -0.1) is 11.3 Å². The van der Waals surface area contributed by atoms with Gasteiger partial charge in [-0.2, -0.15) is 0 Å². The highest BCUT2D eigenvalue weighted by Gasteiger charge is 2.11. The van der Waals surface area contributed by atoms with Gasteiger partial charge in [-0.25, -0.2) is 9.37 Å². The fourth-order valence-electron chi connectivity index (χ4n) is 1.72. The van der Waals surface area contributed by atoms with Crippen molar-refractivity contribution in [1.29, 1.82) is 0 Å². The molecule has 1 N–H and O–H groups in total. The first-order valence-electron chi connectivity index (χ1n) is 6.22. The summed E-state index contributed by atoms with van der Waals surface area (Å²) >= 11 is 5.06. The van der Waals surface area contributed by atoms with E-state index in [1.807, 2.05) is 13.1 Å². The molecular weight excluding hydrogens is 327 g/mol. The number of halogens is 2. The largest absolute Gasteiger partial charge is 0.304 e. The van der Waals surface area contributed by atoms with E-state index in [4.69, 9.17) is 0 Å². The Hall–Kier alpha value is -0.780. The van der Waals surface area contributed by atoms with Gasteiger partial charge < -0.3 is 5.32 Å². The summed E-state index contributed by atoms with van der Waals surface area (Å²) in [6.07, 6.45) is 2.92. The van der Waals surface area contributed by atoms with Crippen LogP contribution in [0.4, 0.5) is 4.39 Å². The number of nitrogens with zero attached hydrogens (tertiary/aromatic N) is 1. The molecule has 1 atom stereocenters. The number of aromatic nitrogens is 1. The van der Waals surface area contributed by atoms with Crippen LogP contribution in [0.1, 0.15) is 35.3 Å². The number of rotatable bonds is 5. The Morgan fingerprint density at radius 1 is 1.47 bits per heavy atom. The first kappa shape index (κ1) is 14.6. The maximum Gasteiger partial charge on any atom is 0.127 e.